The molecule has 0 spiro atoms. The lowest BCUT2D eigenvalue weighted by atomic mass is 9.84. The number of sulfone groups is 1. The van der Waals surface area contributed by atoms with Crippen molar-refractivity contribution in [3.05, 3.63) is 70.5 Å². The Bertz CT molecular complexity index is 1340. The maximum Gasteiger partial charge on any atom is 0.328 e. The first-order chi connectivity index (χ1) is 16.3. The number of halogens is 4. The molecule has 186 valence electrons. The highest BCUT2D eigenvalue weighted by Crippen LogP contribution is 2.55. The van der Waals surface area contributed by atoms with Crippen LogP contribution in [0.25, 0.3) is 0 Å². The fourth-order valence-corrected chi connectivity index (χ4v) is 8.00. The third kappa shape index (κ3) is 4.55. The SMILES string of the molecule is O=C(O)/C=C/[C@@]1(O)CC2CCC1[C@@H]2S(=O)(=O)c1cc(C(=O)Nc2cc(F)c(F)c(F)c2)ccc1Cl. The highest BCUT2D eigenvalue weighted by molar-refractivity contribution is 7.92. The molecule has 3 N–H and O–H groups in total. The molecule has 35 heavy (non-hydrogen) atoms. The van der Waals surface area contributed by atoms with Crippen molar-refractivity contribution in [2.24, 2.45) is 11.8 Å². The van der Waals surface area contributed by atoms with Gasteiger partial charge in [0.2, 0.25) is 0 Å². The molecule has 0 heterocycles. The molecule has 1 amide bonds. The number of fused-ring (bicyclic) bond motifs is 2. The molecule has 0 saturated heterocycles. The Labute approximate surface area is 203 Å². The maximum absolute atomic E-state index is 13.6. The number of hydrogen-bond acceptors (Lipinski definition) is 5. The average molecular weight is 530 g/mol. The van der Waals surface area contributed by atoms with Crippen LogP contribution in [0.1, 0.15) is 29.6 Å². The zero-order valence-electron chi connectivity index (χ0n) is 17.8. The summed E-state index contributed by atoms with van der Waals surface area (Å²) in [5.41, 5.74) is -2.18. The Morgan fingerprint density at radius 3 is 2.40 bits per heavy atom. The van der Waals surface area contributed by atoms with E-state index in [1.807, 2.05) is 0 Å². The van der Waals surface area contributed by atoms with Crippen molar-refractivity contribution in [3.63, 3.8) is 0 Å². The predicted molar refractivity (Wildman–Crippen MR) is 119 cm³/mol. The third-order valence-electron chi connectivity index (χ3n) is 6.56. The first kappa shape index (κ1) is 25.2. The van der Waals surface area contributed by atoms with Gasteiger partial charge in [-0.15, -0.1) is 0 Å². The van der Waals surface area contributed by atoms with Gasteiger partial charge in [0.05, 0.1) is 20.8 Å². The lowest BCUT2D eigenvalue weighted by Crippen LogP contribution is -2.37. The first-order valence-electron chi connectivity index (χ1n) is 10.5. The summed E-state index contributed by atoms with van der Waals surface area (Å²) in [5, 5.41) is 20.8. The molecule has 2 fully saturated rings. The minimum Gasteiger partial charge on any atom is -0.478 e. The van der Waals surface area contributed by atoms with E-state index in [2.05, 4.69) is 5.32 Å². The van der Waals surface area contributed by atoms with Crippen LogP contribution in [0.3, 0.4) is 0 Å². The van der Waals surface area contributed by atoms with Crippen LogP contribution in [0, 0.1) is 29.3 Å². The molecule has 4 atom stereocenters. The van der Waals surface area contributed by atoms with Crippen molar-refractivity contribution in [1.82, 2.24) is 0 Å². The number of hydrogen-bond donors (Lipinski definition) is 3. The van der Waals surface area contributed by atoms with E-state index in [1.54, 1.807) is 0 Å². The summed E-state index contributed by atoms with van der Waals surface area (Å²) in [6.07, 6.45) is 2.81. The van der Waals surface area contributed by atoms with E-state index in [0.29, 0.717) is 25.0 Å². The number of aliphatic carboxylic acids is 1. The van der Waals surface area contributed by atoms with Crippen LogP contribution in [0.15, 0.2) is 47.4 Å². The van der Waals surface area contributed by atoms with Gasteiger partial charge in [0.15, 0.2) is 27.3 Å². The number of rotatable bonds is 6. The number of anilines is 1. The van der Waals surface area contributed by atoms with Gasteiger partial charge < -0.3 is 15.5 Å². The molecule has 2 aromatic carbocycles. The van der Waals surface area contributed by atoms with Gasteiger partial charge in [-0.2, -0.15) is 0 Å². The zero-order chi connectivity index (χ0) is 25.7. The number of amides is 1. The van der Waals surface area contributed by atoms with Gasteiger partial charge in [0.1, 0.15) is 0 Å². The van der Waals surface area contributed by atoms with Gasteiger partial charge >= 0.3 is 5.97 Å². The number of nitrogens with one attached hydrogen (secondary N) is 1. The molecular weight excluding hydrogens is 511 g/mol. The fourth-order valence-electron chi connectivity index (χ4n) is 5.09. The molecule has 2 bridgehead atoms. The molecule has 0 aromatic heterocycles. The fraction of sp³-hybridized carbons (Fsp3) is 0.304. The minimum atomic E-state index is -4.19. The highest BCUT2D eigenvalue weighted by Gasteiger charge is 2.60. The largest absolute Gasteiger partial charge is 0.478 e. The summed E-state index contributed by atoms with van der Waals surface area (Å²) in [6, 6.07) is 4.56. The van der Waals surface area contributed by atoms with Crippen LogP contribution in [0.4, 0.5) is 18.9 Å². The standard InChI is InChI=1S/C23H19ClF3NO6S/c24-15-4-2-11(22(31)28-13-8-16(25)20(27)17(26)9-13)7-18(15)35(33,34)21-12-1-3-14(21)23(32,10-12)6-5-19(29)30/h2,4-9,12,14,21,32H,1,3,10H2,(H,28,31)(H,29,30)/b6-5+/t12?,14?,21-,23-/m1/s1. The first-order valence-corrected chi connectivity index (χ1v) is 12.4. The molecule has 12 heteroatoms. The number of carbonyl (C=O) groups excluding carboxylic acids is 1. The summed E-state index contributed by atoms with van der Waals surface area (Å²) in [7, 11) is -4.19. The predicted octanol–water partition coefficient (Wildman–Crippen LogP) is 3.95. The van der Waals surface area contributed by atoms with E-state index in [0.717, 1.165) is 18.2 Å². The normalized spacial score (nSPS) is 25.8. The number of carboxylic acids is 1. The van der Waals surface area contributed by atoms with Crippen molar-refractivity contribution in [1.29, 1.82) is 0 Å². The van der Waals surface area contributed by atoms with Gasteiger partial charge in [0, 0.05) is 35.4 Å². The van der Waals surface area contributed by atoms with E-state index in [1.165, 1.54) is 12.1 Å². The third-order valence-corrected chi connectivity index (χ3v) is 9.38. The van der Waals surface area contributed by atoms with Gasteiger partial charge in [-0.25, -0.2) is 26.4 Å². The van der Waals surface area contributed by atoms with E-state index < -0.39 is 61.9 Å². The van der Waals surface area contributed by atoms with Crippen LogP contribution in [-0.4, -0.2) is 41.4 Å². The maximum atomic E-state index is 13.6. The van der Waals surface area contributed by atoms with Gasteiger partial charge in [0.25, 0.3) is 5.91 Å². The quantitative estimate of drug-likeness (QED) is 0.385. The molecule has 2 aromatic rings. The zero-order valence-corrected chi connectivity index (χ0v) is 19.4. The number of aliphatic hydroxyl groups is 1. The molecular formula is C23H19ClF3NO6S. The second kappa shape index (κ2) is 8.96. The Balaban J connectivity index is 1.65. The molecule has 0 aliphatic heterocycles. The minimum absolute atomic E-state index is 0.0604. The second-order valence-corrected chi connectivity index (χ2v) is 11.2. The molecule has 4 rings (SSSR count). The summed E-state index contributed by atoms with van der Waals surface area (Å²) in [5.74, 6) is -8.14. The van der Waals surface area contributed by atoms with E-state index in [9.17, 15) is 36.3 Å². The van der Waals surface area contributed by atoms with Crippen molar-refractivity contribution < 1.29 is 41.4 Å². The Hall–Kier alpha value is -2.89. The number of carbonyl (C=O) groups is 2. The monoisotopic (exact) mass is 529 g/mol. The van der Waals surface area contributed by atoms with E-state index in [4.69, 9.17) is 16.7 Å². The molecule has 0 radical (unpaired) electrons. The van der Waals surface area contributed by atoms with Crippen LogP contribution >= 0.6 is 11.6 Å². The number of carboxylic acid groups (broad SMARTS) is 1. The Morgan fingerprint density at radius 2 is 1.77 bits per heavy atom. The van der Waals surface area contributed by atoms with Gasteiger partial charge in [-0.1, -0.05) is 11.6 Å². The van der Waals surface area contributed by atoms with Gasteiger partial charge in [-0.3, -0.25) is 4.79 Å². The van der Waals surface area contributed by atoms with Crippen LogP contribution < -0.4 is 5.32 Å². The second-order valence-electron chi connectivity index (χ2n) is 8.67. The van der Waals surface area contributed by atoms with Crippen molar-refractivity contribution in [3.8, 4) is 0 Å². The number of benzene rings is 2. The summed E-state index contributed by atoms with van der Waals surface area (Å²) in [6.45, 7) is 0. The Morgan fingerprint density at radius 1 is 1.11 bits per heavy atom. The lowest BCUT2D eigenvalue weighted by molar-refractivity contribution is -0.131. The van der Waals surface area contributed by atoms with Crippen LogP contribution in [0.2, 0.25) is 5.02 Å². The smallest absolute Gasteiger partial charge is 0.328 e. The summed E-state index contributed by atoms with van der Waals surface area (Å²) < 4.78 is 67.3. The van der Waals surface area contributed by atoms with Crippen LogP contribution in [0.5, 0.6) is 0 Å². The van der Waals surface area contributed by atoms with Crippen molar-refractivity contribution >= 4 is 39.0 Å². The summed E-state index contributed by atoms with van der Waals surface area (Å²) >= 11 is 6.17. The molecule has 2 saturated carbocycles. The molecule has 2 aliphatic carbocycles. The molecule has 2 unspecified atom stereocenters. The van der Waals surface area contributed by atoms with Crippen LogP contribution in [-0.2, 0) is 14.6 Å². The average Bonchev–Trinajstić information content (AvgIpc) is 3.33. The summed E-state index contributed by atoms with van der Waals surface area (Å²) in [4.78, 5) is 23.2. The molecule has 2 aliphatic rings. The van der Waals surface area contributed by atoms with Gasteiger partial charge in [-0.05, 0) is 49.5 Å². The highest BCUT2D eigenvalue weighted by atomic mass is 35.5. The molecule has 7 nitrogen and oxygen atoms in total. The van der Waals surface area contributed by atoms with Crippen molar-refractivity contribution in [2.75, 3.05) is 5.32 Å². The lowest BCUT2D eigenvalue weighted by Gasteiger charge is -2.29. The van der Waals surface area contributed by atoms with E-state index >= 15 is 0 Å². The van der Waals surface area contributed by atoms with Crippen molar-refractivity contribution in [2.45, 2.75) is 35.0 Å². The Kier molecular flexibility index (Phi) is 6.45. The topological polar surface area (TPSA) is 121 Å². The van der Waals surface area contributed by atoms with E-state index in [-0.39, 0.29) is 27.6 Å².